The third-order valence-corrected chi connectivity index (χ3v) is 28.0. The van der Waals surface area contributed by atoms with Gasteiger partial charge in [0.05, 0.1) is 69.5 Å². The van der Waals surface area contributed by atoms with Crippen LogP contribution in [0, 0.1) is 35.8 Å². The van der Waals surface area contributed by atoms with Crippen LogP contribution in [0.5, 0.6) is 0 Å². The lowest BCUT2D eigenvalue weighted by Crippen LogP contribution is -2.28. The molecule has 7 heteroatoms. The summed E-state index contributed by atoms with van der Waals surface area (Å²) in [5.41, 5.74) is 41.2. The number of benzene rings is 15. The molecule has 109 heavy (non-hydrogen) atoms. The fraction of sp³-hybridized carbons (Fsp3) is 0.0784. The summed E-state index contributed by atoms with van der Waals surface area (Å²) < 4.78 is 7.68. The summed E-state index contributed by atoms with van der Waals surface area (Å²) in [6, 6.07) is 103. The number of aromatic nitrogens is 3. The highest BCUT2D eigenvalue weighted by atomic mass is 15.0. The standard InChI is InChI=1S/C102H51N7/c1-105-71-44-75-88(95-85-63-36-18-10-28-55(63)81(89(71)95)56-29-11-19-37-64(56)85)70-43-68-67-42-69-87-73(40-48(46-103)77-79-51-24-6-14-32-59(51)83(93(77)87)60-33-15-7-25-52(60)79)108-74-41-49(47-104)78-80-53-26-8-16-34-61(53)84(62-35-17-9-27-54(62)80)94(78)91(74)97(101(69)108)99(67)107(50-22-4-3-5-23-50)100(68)98-92-76(109(75)102(70)98)45-72(106-2)90-82-57-30-12-20-38-65(57)86(96(90)92)66-39-21-13-31-58(66)82/h3-45,79-86H. The van der Waals surface area contributed by atoms with E-state index in [9.17, 15) is 23.7 Å². The topological polar surface area (TPSA) is 70.0 Å². The molecule has 5 heterocycles. The van der Waals surface area contributed by atoms with Gasteiger partial charge in [-0.2, -0.15) is 10.5 Å². The maximum absolute atomic E-state index is 12.1. The molecule has 0 aliphatic heterocycles. The number of rotatable bonds is 1. The molecule has 494 valence electrons. The molecule has 0 unspecified atom stereocenters. The van der Waals surface area contributed by atoms with Crippen LogP contribution < -0.4 is 0 Å². The summed E-state index contributed by atoms with van der Waals surface area (Å²) in [6.07, 6.45) is 0. The van der Waals surface area contributed by atoms with Gasteiger partial charge in [0.1, 0.15) is 0 Å². The quantitative estimate of drug-likeness (QED) is 0.154. The van der Waals surface area contributed by atoms with Gasteiger partial charge in [-0.15, -0.1) is 0 Å². The molecule has 20 aromatic rings. The van der Waals surface area contributed by atoms with E-state index in [2.05, 4.69) is 296 Å². The lowest BCUT2D eigenvalue weighted by Gasteiger charge is -2.43. The Balaban J connectivity index is 0.909. The zero-order chi connectivity index (χ0) is 70.7. The minimum Gasteiger partial charge on any atom is -0.310 e. The van der Waals surface area contributed by atoms with E-state index in [1.54, 1.807) is 0 Å². The Labute approximate surface area is 622 Å². The molecule has 7 nitrogen and oxygen atoms in total. The second-order valence-electron chi connectivity index (χ2n) is 31.9. The van der Waals surface area contributed by atoms with Crippen LogP contribution in [-0.2, 0) is 0 Å². The van der Waals surface area contributed by atoms with E-state index in [0.717, 1.165) is 126 Å². The van der Waals surface area contributed by atoms with Crippen molar-refractivity contribution >= 4 is 109 Å². The summed E-state index contributed by atoms with van der Waals surface area (Å²) in [7, 11) is 0. The number of hydrogen-bond donors (Lipinski definition) is 0. The maximum Gasteiger partial charge on any atom is 0.193 e. The Hall–Kier alpha value is -14.3. The first-order chi connectivity index (χ1) is 54.0. The molecular formula is C102H51N7. The van der Waals surface area contributed by atoms with Gasteiger partial charge in [-0.1, -0.05) is 212 Å². The van der Waals surface area contributed by atoms with Crippen molar-refractivity contribution in [3.63, 3.8) is 0 Å². The number of nitriles is 2. The first kappa shape index (κ1) is 56.1. The number of hydrogen-bond acceptors (Lipinski definition) is 2. The van der Waals surface area contributed by atoms with Gasteiger partial charge in [-0.05, 0) is 182 Å². The number of nitrogens with zero attached hydrogens (tertiary/aromatic N) is 7. The molecule has 0 spiro atoms. The van der Waals surface area contributed by atoms with Crippen molar-refractivity contribution < 1.29 is 0 Å². The molecule has 0 fully saturated rings. The van der Waals surface area contributed by atoms with Crippen LogP contribution in [0.3, 0.4) is 0 Å². The summed E-state index contributed by atoms with van der Waals surface area (Å²) in [6.45, 7) is 18.9. The van der Waals surface area contributed by atoms with E-state index >= 15 is 0 Å². The molecule has 5 aromatic heterocycles. The van der Waals surface area contributed by atoms with Crippen molar-refractivity contribution in [3.05, 3.63) is 428 Å². The normalized spacial score (nSPS) is 19.5. The van der Waals surface area contributed by atoms with Crippen LogP contribution in [0.2, 0.25) is 0 Å². The second kappa shape index (κ2) is 18.8. The third-order valence-electron chi connectivity index (χ3n) is 28.0. The highest BCUT2D eigenvalue weighted by molar-refractivity contribution is 6.41. The highest BCUT2D eigenvalue weighted by Gasteiger charge is 2.51. The lowest BCUT2D eigenvalue weighted by atomic mass is 9.59. The Morgan fingerprint density at radius 1 is 0.248 bits per heavy atom. The molecule has 0 radical (unpaired) electrons. The van der Waals surface area contributed by atoms with Crippen molar-refractivity contribution in [3.8, 4) is 17.8 Å². The number of para-hydroxylation sites is 1. The molecular weight excluding hydrogens is 1320 g/mol. The van der Waals surface area contributed by atoms with Gasteiger partial charge in [-0.3, -0.25) is 0 Å². The van der Waals surface area contributed by atoms with Crippen molar-refractivity contribution in [2.45, 2.75) is 47.3 Å². The van der Waals surface area contributed by atoms with E-state index < -0.39 is 0 Å². The summed E-state index contributed by atoms with van der Waals surface area (Å²) in [5, 5.41) is 35.4. The highest BCUT2D eigenvalue weighted by Crippen LogP contribution is 2.68. The van der Waals surface area contributed by atoms with E-state index in [-0.39, 0.29) is 47.3 Å². The predicted octanol–water partition coefficient (Wildman–Crippen LogP) is 23.9. The van der Waals surface area contributed by atoms with Crippen molar-refractivity contribution in [1.82, 2.24) is 13.4 Å². The summed E-state index contributed by atoms with van der Waals surface area (Å²) >= 11 is 0. The molecule has 0 saturated heterocycles. The van der Waals surface area contributed by atoms with Crippen LogP contribution in [0.1, 0.15) is 192 Å². The summed E-state index contributed by atoms with van der Waals surface area (Å²) in [5.74, 6) is -1.47. The van der Waals surface area contributed by atoms with E-state index in [1.807, 2.05) is 0 Å². The molecule has 12 aliphatic rings. The van der Waals surface area contributed by atoms with Crippen LogP contribution >= 0.6 is 0 Å². The van der Waals surface area contributed by atoms with Gasteiger partial charge >= 0.3 is 0 Å². The Morgan fingerprint density at radius 3 is 0.807 bits per heavy atom. The molecule has 12 aliphatic carbocycles. The molecule has 0 N–H and O–H groups in total. The maximum atomic E-state index is 12.1. The van der Waals surface area contributed by atoms with Crippen LogP contribution in [-0.4, -0.2) is 13.4 Å². The third kappa shape index (κ3) is 6.02. The van der Waals surface area contributed by atoms with Gasteiger partial charge < -0.3 is 13.4 Å². The fourth-order valence-electron chi connectivity index (χ4n) is 24.7. The van der Waals surface area contributed by atoms with E-state index in [4.69, 9.17) is 0 Å². The van der Waals surface area contributed by atoms with E-state index in [1.165, 1.54) is 111 Å². The van der Waals surface area contributed by atoms with Gasteiger partial charge in [0, 0.05) is 118 Å². The Kier molecular flexibility index (Phi) is 9.69. The van der Waals surface area contributed by atoms with Crippen molar-refractivity contribution in [1.29, 1.82) is 10.5 Å². The average Bonchev–Trinajstić information content (AvgIpc) is 1.50. The molecule has 0 amide bonds. The van der Waals surface area contributed by atoms with Crippen LogP contribution in [0.15, 0.2) is 261 Å². The lowest BCUT2D eigenvalue weighted by molar-refractivity contribution is 0.758. The summed E-state index contributed by atoms with van der Waals surface area (Å²) in [4.78, 5) is 9.32. The Morgan fingerprint density at radius 2 is 0.495 bits per heavy atom. The van der Waals surface area contributed by atoms with Gasteiger partial charge in [0.25, 0.3) is 0 Å². The fourth-order valence-corrected chi connectivity index (χ4v) is 24.7. The van der Waals surface area contributed by atoms with Gasteiger partial charge in [-0.25, -0.2) is 9.69 Å². The molecule has 0 saturated carbocycles. The number of fused-ring (bicyclic) bond motifs is 17. The first-order valence-electron chi connectivity index (χ1n) is 38.0. The second-order valence-corrected chi connectivity index (χ2v) is 31.9. The monoisotopic (exact) mass is 1370 g/mol. The zero-order valence-electron chi connectivity index (χ0n) is 58.1. The van der Waals surface area contributed by atoms with Crippen molar-refractivity contribution in [2.75, 3.05) is 0 Å². The Bertz CT molecular complexity index is 7460. The molecule has 0 atom stereocenters. The molecule has 8 bridgehead atoms. The first-order valence-corrected chi connectivity index (χ1v) is 38.0. The van der Waals surface area contributed by atoms with Crippen LogP contribution in [0.25, 0.3) is 113 Å². The van der Waals surface area contributed by atoms with Crippen LogP contribution in [0.4, 0.5) is 11.4 Å². The predicted molar refractivity (Wildman–Crippen MR) is 431 cm³/mol. The zero-order valence-corrected chi connectivity index (χ0v) is 58.1. The average molecular weight is 1370 g/mol. The smallest absolute Gasteiger partial charge is 0.193 e. The minimum absolute atomic E-state index is 0.160. The SMILES string of the molecule is [C-]#[N+]c1cc2c(c3c1C1c4ccccc4C3c3ccccc31)c1cc3c4cc5c6c7c(c(C#N)cc6n6c8cc(C#N)c9c(c8c(c4n(-c4ccccc4)c3c3c4c8c(c([N+]#[C-])cc4n2c13)C1c2ccccc2C8c2ccccc21)c56)C1c2ccccc2C9c2ccccc21)C1c2ccccc2C7c2ccccc21. The molecule has 32 rings (SSSR count). The van der Waals surface area contributed by atoms with E-state index in [0.29, 0.717) is 22.5 Å². The van der Waals surface area contributed by atoms with Crippen molar-refractivity contribution in [2.24, 2.45) is 0 Å². The minimum atomic E-state index is -0.212. The van der Waals surface area contributed by atoms with Gasteiger partial charge in [0.2, 0.25) is 0 Å². The van der Waals surface area contributed by atoms with Gasteiger partial charge in [0.15, 0.2) is 11.4 Å². The molecule has 15 aromatic carbocycles. The largest absolute Gasteiger partial charge is 0.310 e.